The Bertz CT molecular complexity index is 613. The number of nitrogens with two attached hydrogens (primary N) is 1. The molecule has 3 nitrogen and oxygen atoms in total. The number of hydrazine groups is 1. The fraction of sp³-hybridized carbons (Fsp3) is 0.250. The van der Waals surface area contributed by atoms with Crippen LogP contribution in [0.1, 0.15) is 28.3 Å². The summed E-state index contributed by atoms with van der Waals surface area (Å²) in [6.07, 6.45) is 0. The number of methoxy groups -OCH3 is 1. The molecular formula is C16H19FN2O. The van der Waals surface area contributed by atoms with E-state index in [0.29, 0.717) is 5.56 Å². The minimum Gasteiger partial charge on any atom is -0.496 e. The first-order chi connectivity index (χ1) is 9.60. The highest BCUT2D eigenvalue weighted by Crippen LogP contribution is 2.34. The van der Waals surface area contributed by atoms with Gasteiger partial charge in [-0.15, -0.1) is 0 Å². The molecule has 0 aliphatic heterocycles. The van der Waals surface area contributed by atoms with Crippen molar-refractivity contribution in [3.8, 4) is 5.75 Å². The zero-order valence-electron chi connectivity index (χ0n) is 11.9. The van der Waals surface area contributed by atoms with Crippen molar-refractivity contribution in [3.63, 3.8) is 0 Å². The highest BCUT2D eigenvalue weighted by atomic mass is 19.1. The molecule has 0 aromatic heterocycles. The molecular weight excluding hydrogens is 255 g/mol. The molecule has 0 radical (unpaired) electrons. The van der Waals surface area contributed by atoms with E-state index in [2.05, 4.69) is 5.43 Å². The van der Waals surface area contributed by atoms with E-state index in [1.165, 1.54) is 6.07 Å². The molecule has 1 atom stereocenters. The largest absolute Gasteiger partial charge is 0.496 e. The van der Waals surface area contributed by atoms with Gasteiger partial charge in [0.1, 0.15) is 11.6 Å². The van der Waals surface area contributed by atoms with E-state index in [-0.39, 0.29) is 5.82 Å². The van der Waals surface area contributed by atoms with E-state index in [0.717, 1.165) is 22.4 Å². The predicted octanol–water partition coefficient (Wildman–Crippen LogP) is 3.00. The van der Waals surface area contributed by atoms with E-state index in [1.54, 1.807) is 25.3 Å². The molecule has 0 heterocycles. The molecule has 0 aliphatic carbocycles. The number of halogens is 1. The summed E-state index contributed by atoms with van der Waals surface area (Å²) in [6, 6.07) is 10.0. The zero-order chi connectivity index (χ0) is 14.7. The molecule has 2 aromatic rings. The Balaban J connectivity index is 2.59. The SMILES string of the molecule is COc1c(C(NN)c2ccccc2F)ccc(C)c1C. The van der Waals surface area contributed by atoms with Crippen LogP contribution in [0.5, 0.6) is 5.75 Å². The molecule has 2 aromatic carbocycles. The number of hydrogen-bond acceptors (Lipinski definition) is 3. The van der Waals surface area contributed by atoms with Gasteiger partial charge in [-0.1, -0.05) is 30.3 Å². The van der Waals surface area contributed by atoms with Gasteiger partial charge < -0.3 is 4.74 Å². The maximum atomic E-state index is 14.0. The van der Waals surface area contributed by atoms with Crippen LogP contribution >= 0.6 is 0 Å². The van der Waals surface area contributed by atoms with Crippen LogP contribution in [-0.4, -0.2) is 7.11 Å². The summed E-state index contributed by atoms with van der Waals surface area (Å²) in [5.74, 6) is 6.08. The number of hydrogen-bond donors (Lipinski definition) is 2. The molecule has 20 heavy (non-hydrogen) atoms. The summed E-state index contributed by atoms with van der Waals surface area (Å²) >= 11 is 0. The van der Waals surface area contributed by atoms with Crippen molar-refractivity contribution in [1.29, 1.82) is 0 Å². The molecule has 0 spiro atoms. The molecule has 1 unspecified atom stereocenters. The van der Waals surface area contributed by atoms with Gasteiger partial charge in [0.05, 0.1) is 13.2 Å². The summed E-state index contributed by atoms with van der Waals surface area (Å²) < 4.78 is 19.5. The summed E-state index contributed by atoms with van der Waals surface area (Å²) in [7, 11) is 1.61. The lowest BCUT2D eigenvalue weighted by atomic mass is 9.94. The summed E-state index contributed by atoms with van der Waals surface area (Å²) in [4.78, 5) is 0. The van der Waals surface area contributed by atoms with Crippen LogP contribution in [0.2, 0.25) is 0 Å². The molecule has 0 amide bonds. The Morgan fingerprint density at radius 1 is 1.10 bits per heavy atom. The Morgan fingerprint density at radius 3 is 2.40 bits per heavy atom. The number of rotatable bonds is 4. The standard InChI is InChI=1S/C16H19FN2O/c1-10-8-9-13(16(20-3)11(10)2)15(19-18)12-6-4-5-7-14(12)17/h4-9,15,19H,18H2,1-3H3. The third kappa shape index (κ3) is 2.53. The second-order valence-corrected chi connectivity index (χ2v) is 4.75. The van der Waals surface area contributed by atoms with Crippen molar-refractivity contribution < 1.29 is 9.13 Å². The normalized spacial score (nSPS) is 12.2. The van der Waals surface area contributed by atoms with Gasteiger partial charge in [-0.3, -0.25) is 5.84 Å². The maximum absolute atomic E-state index is 14.0. The van der Waals surface area contributed by atoms with Crippen molar-refractivity contribution in [2.75, 3.05) is 7.11 Å². The van der Waals surface area contributed by atoms with E-state index >= 15 is 0 Å². The second-order valence-electron chi connectivity index (χ2n) is 4.75. The molecule has 2 rings (SSSR count). The van der Waals surface area contributed by atoms with Crippen LogP contribution in [0.25, 0.3) is 0 Å². The highest BCUT2D eigenvalue weighted by Gasteiger charge is 2.21. The van der Waals surface area contributed by atoms with Crippen LogP contribution in [0.4, 0.5) is 4.39 Å². The first-order valence-electron chi connectivity index (χ1n) is 6.44. The van der Waals surface area contributed by atoms with Gasteiger partial charge in [0.15, 0.2) is 0 Å². The smallest absolute Gasteiger partial charge is 0.128 e. The predicted molar refractivity (Wildman–Crippen MR) is 78.0 cm³/mol. The van der Waals surface area contributed by atoms with Gasteiger partial charge in [-0.2, -0.15) is 0 Å². The van der Waals surface area contributed by atoms with Gasteiger partial charge in [0.25, 0.3) is 0 Å². The highest BCUT2D eigenvalue weighted by molar-refractivity contribution is 5.49. The van der Waals surface area contributed by atoms with Crippen molar-refractivity contribution in [1.82, 2.24) is 5.43 Å². The first-order valence-corrected chi connectivity index (χ1v) is 6.44. The Morgan fingerprint density at radius 2 is 1.80 bits per heavy atom. The van der Waals surface area contributed by atoms with Gasteiger partial charge in [-0.05, 0) is 31.0 Å². The quantitative estimate of drug-likeness (QED) is 0.665. The summed E-state index contributed by atoms with van der Waals surface area (Å²) in [5.41, 5.74) is 6.15. The van der Waals surface area contributed by atoms with Crippen molar-refractivity contribution in [3.05, 3.63) is 64.5 Å². The van der Waals surface area contributed by atoms with Crippen LogP contribution in [0.3, 0.4) is 0 Å². The first kappa shape index (κ1) is 14.5. The third-order valence-corrected chi connectivity index (χ3v) is 3.61. The van der Waals surface area contributed by atoms with Crippen LogP contribution in [0, 0.1) is 19.7 Å². The molecule has 0 saturated carbocycles. The number of benzene rings is 2. The Labute approximate surface area is 118 Å². The lowest BCUT2D eigenvalue weighted by Crippen LogP contribution is -2.30. The molecule has 106 valence electrons. The lowest BCUT2D eigenvalue weighted by Gasteiger charge is -2.22. The van der Waals surface area contributed by atoms with Crippen LogP contribution in [-0.2, 0) is 0 Å². The Kier molecular flexibility index (Phi) is 4.37. The molecule has 0 saturated heterocycles. The minimum atomic E-state index is -0.453. The zero-order valence-corrected chi connectivity index (χ0v) is 11.9. The summed E-state index contributed by atoms with van der Waals surface area (Å²) in [5, 5.41) is 0. The van der Waals surface area contributed by atoms with Gasteiger partial charge in [0, 0.05) is 11.1 Å². The average molecular weight is 274 g/mol. The van der Waals surface area contributed by atoms with Gasteiger partial charge in [-0.25, -0.2) is 9.82 Å². The monoisotopic (exact) mass is 274 g/mol. The second kappa shape index (κ2) is 6.03. The number of ether oxygens (including phenoxy) is 1. The minimum absolute atomic E-state index is 0.296. The molecule has 4 heteroatoms. The molecule has 3 N–H and O–H groups in total. The van der Waals surface area contributed by atoms with E-state index in [1.807, 2.05) is 26.0 Å². The molecule has 0 aliphatic rings. The lowest BCUT2D eigenvalue weighted by molar-refractivity contribution is 0.400. The molecule has 0 fully saturated rings. The number of nitrogens with one attached hydrogen (secondary N) is 1. The van der Waals surface area contributed by atoms with Crippen LogP contribution in [0.15, 0.2) is 36.4 Å². The van der Waals surface area contributed by atoms with Crippen molar-refractivity contribution >= 4 is 0 Å². The van der Waals surface area contributed by atoms with E-state index in [4.69, 9.17) is 10.6 Å². The van der Waals surface area contributed by atoms with Gasteiger partial charge in [0.2, 0.25) is 0 Å². The van der Waals surface area contributed by atoms with Crippen LogP contribution < -0.4 is 16.0 Å². The fourth-order valence-electron chi connectivity index (χ4n) is 2.37. The fourth-order valence-corrected chi connectivity index (χ4v) is 2.37. The number of aryl methyl sites for hydroxylation is 1. The topological polar surface area (TPSA) is 47.3 Å². The van der Waals surface area contributed by atoms with Crippen molar-refractivity contribution in [2.24, 2.45) is 5.84 Å². The van der Waals surface area contributed by atoms with E-state index in [9.17, 15) is 4.39 Å². The van der Waals surface area contributed by atoms with E-state index < -0.39 is 6.04 Å². The summed E-state index contributed by atoms with van der Waals surface area (Å²) in [6.45, 7) is 3.99. The maximum Gasteiger partial charge on any atom is 0.128 e. The Hall–Kier alpha value is -1.91. The van der Waals surface area contributed by atoms with Crippen molar-refractivity contribution in [2.45, 2.75) is 19.9 Å². The molecule has 0 bridgehead atoms. The average Bonchev–Trinajstić information content (AvgIpc) is 2.45. The van der Waals surface area contributed by atoms with Gasteiger partial charge >= 0.3 is 0 Å². The third-order valence-electron chi connectivity index (χ3n) is 3.61.